The van der Waals surface area contributed by atoms with Crippen LogP contribution in [0.4, 0.5) is 0 Å². The van der Waals surface area contributed by atoms with Crippen molar-refractivity contribution in [2.24, 2.45) is 17.6 Å². The minimum absolute atomic E-state index is 0.372. The van der Waals surface area contributed by atoms with E-state index in [4.69, 9.17) is 10.2 Å². The summed E-state index contributed by atoms with van der Waals surface area (Å²) in [6.45, 7) is 7.57. The second-order valence-electron chi connectivity index (χ2n) is 4.95. The monoisotopic (exact) mass is 222 g/mol. The summed E-state index contributed by atoms with van der Waals surface area (Å²) >= 11 is 0. The summed E-state index contributed by atoms with van der Waals surface area (Å²) in [6, 6.07) is 4.38. The zero-order valence-corrected chi connectivity index (χ0v) is 10.2. The Morgan fingerprint density at radius 2 is 2.44 bits per heavy atom. The lowest BCUT2D eigenvalue weighted by Gasteiger charge is -2.39. The van der Waals surface area contributed by atoms with Crippen molar-refractivity contribution >= 4 is 0 Å². The van der Waals surface area contributed by atoms with Crippen molar-refractivity contribution in [3.8, 4) is 0 Å². The highest BCUT2D eigenvalue weighted by molar-refractivity contribution is 5.04. The van der Waals surface area contributed by atoms with Crippen LogP contribution in [0.3, 0.4) is 0 Å². The Labute approximate surface area is 97.6 Å². The van der Waals surface area contributed by atoms with Crippen LogP contribution in [0.15, 0.2) is 22.8 Å². The topological polar surface area (TPSA) is 42.4 Å². The van der Waals surface area contributed by atoms with E-state index in [0.29, 0.717) is 12.0 Å². The third-order valence-electron chi connectivity index (χ3n) is 3.95. The number of piperidine rings is 1. The van der Waals surface area contributed by atoms with Gasteiger partial charge in [-0.15, -0.1) is 0 Å². The van der Waals surface area contributed by atoms with E-state index >= 15 is 0 Å². The van der Waals surface area contributed by atoms with Gasteiger partial charge >= 0.3 is 0 Å². The lowest BCUT2D eigenvalue weighted by atomic mass is 9.86. The molecule has 0 aromatic carbocycles. The van der Waals surface area contributed by atoms with E-state index in [0.717, 1.165) is 31.3 Å². The molecular weight excluding hydrogens is 200 g/mol. The lowest BCUT2D eigenvalue weighted by molar-refractivity contribution is 0.0884. The molecule has 3 heteroatoms. The molecule has 16 heavy (non-hydrogen) atoms. The van der Waals surface area contributed by atoms with Gasteiger partial charge in [0.05, 0.1) is 12.3 Å². The molecule has 1 aromatic rings. The average Bonchev–Trinajstić information content (AvgIpc) is 2.82. The predicted molar refractivity (Wildman–Crippen MR) is 65.0 cm³/mol. The van der Waals surface area contributed by atoms with Crippen LogP contribution in [-0.4, -0.2) is 24.5 Å². The van der Waals surface area contributed by atoms with Gasteiger partial charge in [-0.2, -0.15) is 0 Å². The maximum atomic E-state index is 5.82. The first-order valence-corrected chi connectivity index (χ1v) is 6.20. The molecule has 0 spiro atoms. The van der Waals surface area contributed by atoms with Crippen LogP contribution in [-0.2, 0) is 0 Å². The molecule has 1 aliphatic heterocycles. The van der Waals surface area contributed by atoms with E-state index in [1.165, 1.54) is 6.42 Å². The Hall–Kier alpha value is -0.800. The molecular formula is C13H22N2O. The van der Waals surface area contributed by atoms with Gasteiger partial charge in [-0.05, 0) is 50.4 Å². The van der Waals surface area contributed by atoms with E-state index in [1.54, 1.807) is 6.26 Å². The molecule has 90 valence electrons. The van der Waals surface area contributed by atoms with Gasteiger partial charge in [0.1, 0.15) is 5.76 Å². The number of hydrogen-bond acceptors (Lipinski definition) is 3. The summed E-state index contributed by atoms with van der Waals surface area (Å²) in [6.07, 6.45) is 2.99. The molecule has 2 heterocycles. The van der Waals surface area contributed by atoms with Crippen molar-refractivity contribution in [1.29, 1.82) is 0 Å². The summed E-state index contributed by atoms with van der Waals surface area (Å²) in [5.74, 6) is 2.45. The minimum atomic E-state index is 0.372. The highest BCUT2D eigenvalue weighted by Gasteiger charge is 2.28. The number of rotatable bonds is 3. The van der Waals surface area contributed by atoms with Crippen molar-refractivity contribution in [3.63, 3.8) is 0 Å². The fourth-order valence-corrected chi connectivity index (χ4v) is 2.55. The van der Waals surface area contributed by atoms with Gasteiger partial charge in [-0.1, -0.05) is 6.92 Å². The van der Waals surface area contributed by atoms with Crippen LogP contribution < -0.4 is 5.73 Å². The summed E-state index contributed by atoms with van der Waals surface area (Å²) in [5, 5.41) is 0. The summed E-state index contributed by atoms with van der Waals surface area (Å²) in [4.78, 5) is 2.48. The smallest absolute Gasteiger partial charge is 0.120 e. The zero-order valence-electron chi connectivity index (χ0n) is 10.2. The summed E-state index contributed by atoms with van der Waals surface area (Å²) in [5.41, 5.74) is 5.82. The van der Waals surface area contributed by atoms with Crippen molar-refractivity contribution in [3.05, 3.63) is 24.2 Å². The largest absolute Gasteiger partial charge is 0.468 e. The Bertz CT molecular complexity index is 310. The molecule has 2 N–H and O–H groups in total. The second kappa shape index (κ2) is 5.02. The van der Waals surface area contributed by atoms with Gasteiger partial charge in [0.15, 0.2) is 0 Å². The van der Waals surface area contributed by atoms with Crippen LogP contribution in [0.5, 0.6) is 0 Å². The Kier molecular flexibility index (Phi) is 3.66. The van der Waals surface area contributed by atoms with Crippen molar-refractivity contribution in [2.75, 3.05) is 19.6 Å². The molecule has 0 bridgehead atoms. The number of hydrogen-bond donors (Lipinski definition) is 1. The fraction of sp³-hybridized carbons (Fsp3) is 0.692. The third-order valence-corrected chi connectivity index (χ3v) is 3.95. The first-order valence-electron chi connectivity index (χ1n) is 6.20. The molecule has 0 radical (unpaired) electrons. The molecule has 2 rings (SSSR count). The van der Waals surface area contributed by atoms with E-state index in [1.807, 2.05) is 6.07 Å². The van der Waals surface area contributed by atoms with Gasteiger partial charge < -0.3 is 10.2 Å². The quantitative estimate of drug-likeness (QED) is 0.853. The van der Waals surface area contributed by atoms with Crippen LogP contribution in [0.1, 0.15) is 32.1 Å². The molecule has 3 unspecified atom stereocenters. The van der Waals surface area contributed by atoms with E-state index in [2.05, 4.69) is 24.8 Å². The lowest BCUT2D eigenvalue weighted by Crippen LogP contribution is -2.43. The fourth-order valence-electron chi connectivity index (χ4n) is 2.55. The number of likely N-dealkylation sites (tertiary alicyclic amines) is 1. The van der Waals surface area contributed by atoms with Gasteiger partial charge in [0.2, 0.25) is 0 Å². The van der Waals surface area contributed by atoms with Gasteiger partial charge in [-0.25, -0.2) is 0 Å². The highest BCUT2D eigenvalue weighted by atomic mass is 16.3. The van der Waals surface area contributed by atoms with Crippen molar-refractivity contribution in [1.82, 2.24) is 4.90 Å². The molecule has 0 aliphatic carbocycles. The van der Waals surface area contributed by atoms with E-state index in [-0.39, 0.29) is 0 Å². The number of nitrogens with two attached hydrogens (primary N) is 1. The van der Waals surface area contributed by atoms with Crippen molar-refractivity contribution < 1.29 is 4.42 Å². The van der Waals surface area contributed by atoms with E-state index in [9.17, 15) is 0 Å². The molecule has 1 fully saturated rings. The molecule has 1 saturated heterocycles. The normalized spacial score (nSPS) is 29.2. The average molecular weight is 222 g/mol. The molecule has 1 aliphatic rings. The first kappa shape index (κ1) is 11.7. The predicted octanol–water partition coefficient (Wildman–Crippen LogP) is 2.26. The molecule has 1 aromatic heterocycles. The Balaban J connectivity index is 2.00. The number of nitrogens with zero attached hydrogens (tertiary/aromatic N) is 1. The van der Waals surface area contributed by atoms with Crippen LogP contribution in [0, 0.1) is 11.8 Å². The Morgan fingerprint density at radius 1 is 1.62 bits per heavy atom. The van der Waals surface area contributed by atoms with Gasteiger partial charge in [0, 0.05) is 6.54 Å². The molecule has 0 amide bonds. The standard InChI is InChI=1S/C13H22N2O/c1-10-5-6-15(9-12(10)8-14)11(2)13-4-3-7-16-13/h3-4,7,10-12H,5-6,8-9,14H2,1-2H3. The van der Waals surface area contributed by atoms with E-state index < -0.39 is 0 Å². The van der Waals surface area contributed by atoms with Crippen molar-refractivity contribution in [2.45, 2.75) is 26.3 Å². The van der Waals surface area contributed by atoms with Crippen LogP contribution in [0.2, 0.25) is 0 Å². The Morgan fingerprint density at radius 3 is 3.06 bits per heavy atom. The maximum absolute atomic E-state index is 5.82. The second-order valence-corrected chi connectivity index (χ2v) is 4.95. The van der Waals surface area contributed by atoms with Crippen LogP contribution >= 0.6 is 0 Å². The highest BCUT2D eigenvalue weighted by Crippen LogP contribution is 2.29. The minimum Gasteiger partial charge on any atom is -0.468 e. The van der Waals surface area contributed by atoms with Gasteiger partial charge in [0.25, 0.3) is 0 Å². The summed E-state index contributed by atoms with van der Waals surface area (Å²) in [7, 11) is 0. The number of furan rings is 1. The third kappa shape index (κ3) is 2.30. The first-order chi connectivity index (χ1) is 7.72. The maximum Gasteiger partial charge on any atom is 0.120 e. The van der Waals surface area contributed by atoms with Crippen LogP contribution in [0.25, 0.3) is 0 Å². The van der Waals surface area contributed by atoms with Gasteiger partial charge in [-0.3, -0.25) is 4.90 Å². The summed E-state index contributed by atoms with van der Waals surface area (Å²) < 4.78 is 5.47. The SMILES string of the molecule is CC1CCN(C(C)c2ccco2)CC1CN. The molecule has 3 nitrogen and oxygen atoms in total. The molecule has 0 saturated carbocycles. The zero-order chi connectivity index (χ0) is 11.5. The molecule has 3 atom stereocenters.